The van der Waals surface area contributed by atoms with Crippen molar-refractivity contribution in [3.63, 3.8) is 0 Å². The summed E-state index contributed by atoms with van der Waals surface area (Å²) in [5.41, 5.74) is -1.52. The summed E-state index contributed by atoms with van der Waals surface area (Å²) >= 11 is 5.75. The molecule has 0 radical (unpaired) electrons. The van der Waals surface area contributed by atoms with Crippen LogP contribution in [0.3, 0.4) is 0 Å². The fourth-order valence-electron chi connectivity index (χ4n) is 1.64. The van der Waals surface area contributed by atoms with E-state index in [4.69, 9.17) is 16.9 Å². The summed E-state index contributed by atoms with van der Waals surface area (Å²) in [5, 5.41) is 9.62. The molecule has 0 spiro atoms. The van der Waals surface area contributed by atoms with Crippen molar-refractivity contribution in [2.45, 2.75) is 5.67 Å². The number of benzene rings is 2. The second-order valence-corrected chi connectivity index (χ2v) is 4.08. The van der Waals surface area contributed by atoms with Gasteiger partial charge >= 0.3 is 0 Å². The number of rotatable bonds is 2. The Morgan fingerprint density at radius 1 is 0.941 bits per heavy atom. The average molecular weight is 246 g/mol. The van der Waals surface area contributed by atoms with E-state index in [9.17, 15) is 4.39 Å². The molecule has 84 valence electrons. The first-order chi connectivity index (χ1) is 8.16. The zero-order valence-corrected chi connectivity index (χ0v) is 9.66. The minimum atomic E-state index is -2.13. The lowest BCUT2D eigenvalue weighted by atomic mass is 9.89. The third kappa shape index (κ3) is 2.15. The van der Waals surface area contributed by atoms with Crippen LogP contribution in [0.1, 0.15) is 11.1 Å². The van der Waals surface area contributed by atoms with E-state index in [-0.39, 0.29) is 5.56 Å². The zero-order chi connectivity index (χ0) is 12.3. The van der Waals surface area contributed by atoms with E-state index >= 15 is 0 Å². The predicted octanol–water partition coefficient (Wildman–Crippen LogP) is 4.08. The molecule has 0 saturated carbocycles. The maximum atomic E-state index is 14.7. The standard InChI is InChI=1S/C14H9ClFN/c15-13-8-6-12(7-9-13)14(16,10-17)11-4-2-1-3-5-11/h1-9H. The van der Waals surface area contributed by atoms with Gasteiger partial charge in [-0.05, 0) is 12.1 Å². The largest absolute Gasteiger partial charge is 0.246 e. The molecule has 2 aromatic rings. The molecular formula is C14H9ClFN. The highest BCUT2D eigenvalue weighted by molar-refractivity contribution is 6.30. The highest BCUT2D eigenvalue weighted by Gasteiger charge is 2.33. The van der Waals surface area contributed by atoms with Gasteiger partial charge in [-0.25, -0.2) is 4.39 Å². The van der Waals surface area contributed by atoms with Crippen molar-refractivity contribution in [1.82, 2.24) is 0 Å². The molecule has 0 fully saturated rings. The fourth-order valence-corrected chi connectivity index (χ4v) is 1.77. The van der Waals surface area contributed by atoms with Crippen LogP contribution in [0.5, 0.6) is 0 Å². The van der Waals surface area contributed by atoms with Gasteiger partial charge in [0.25, 0.3) is 0 Å². The van der Waals surface area contributed by atoms with E-state index in [1.807, 2.05) is 0 Å². The van der Waals surface area contributed by atoms with Crippen LogP contribution < -0.4 is 0 Å². The van der Waals surface area contributed by atoms with Crippen molar-refractivity contribution in [2.24, 2.45) is 0 Å². The molecule has 0 aliphatic carbocycles. The normalized spacial score (nSPS) is 13.7. The lowest BCUT2D eigenvalue weighted by Gasteiger charge is -2.18. The zero-order valence-electron chi connectivity index (χ0n) is 8.90. The van der Waals surface area contributed by atoms with Crippen LogP contribution in [0.2, 0.25) is 5.02 Å². The van der Waals surface area contributed by atoms with Gasteiger partial charge in [0, 0.05) is 16.1 Å². The van der Waals surface area contributed by atoms with Crippen LogP contribution in [-0.2, 0) is 5.67 Å². The maximum Gasteiger partial charge on any atom is 0.246 e. The van der Waals surface area contributed by atoms with Gasteiger partial charge in [-0.1, -0.05) is 54.1 Å². The van der Waals surface area contributed by atoms with Crippen molar-refractivity contribution in [1.29, 1.82) is 5.26 Å². The monoisotopic (exact) mass is 245 g/mol. The van der Waals surface area contributed by atoms with Gasteiger partial charge in [-0.3, -0.25) is 0 Å². The van der Waals surface area contributed by atoms with Gasteiger partial charge in [0.1, 0.15) is 6.07 Å². The summed E-state index contributed by atoms with van der Waals surface area (Å²) in [6, 6.07) is 16.3. The second kappa shape index (κ2) is 4.57. The number of nitrogens with zero attached hydrogens (tertiary/aromatic N) is 1. The molecule has 3 heteroatoms. The molecule has 0 N–H and O–H groups in total. The van der Waals surface area contributed by atoms with Gasteiger partial charge in [0.2, 0.25) is 5.67 Å². The van der Waals surface area contributed by atoms with Crippen LogP contribution in [0.4, 0.5) is 4.39 Å². The lowest BCUT2D eigenvalue weighted by molar-refractivity contribution is 0.304. The van der Waals surface area contributed by atoms with E-state index in [0.29, 0.717) is 10.6 Å². The van der Waals surface area contributed by atoms with E-state index in [1.165, 1.54) is 12.1 Å². The Labute approximate surface area is 104 Å². The van der Waals surface area contributed by atoms with Crippen LogP contribution in [-0.4, -0.2) is 0 Å². The highest BCUT2D eigenvalue weighted by Crippen LogP contribution is 2.33. The number of hydrogen-bond donors (Lipinski definition) is 0. The summed E-state index contributed by atoms with van der Waals surface area (Å²) < 4.78 is 14.7. The molecule has 0 aliphatic heterocycles. The fraction of sp³-hybridized carbons (Fsp3) is 0.0714. The van der Waals surface area contributed by atoms with Gasteiger partial charge < -0.3 is 0 Å². The minimum Gasteiger partial charge on any atom is -0.217 e. The maximum absolute atomic E-state index is 14.7. The molecule has 0 aromatic heterocycles. The van der Waals surface area contributed by atoms with Crippen LogP contribution in [0.25, 0.3) is 0 Å². The summed E-state index contributed by atoms with van der Waals surface area (Å²) in [7, 11) is 0. The van der Waals surface area contributed by atoms with Crippen molar-refractivity contribution < 1.29 is 4.39 Å². The molecule has 1 unspecified atom stereocenters. The van der Waals surface area contributed by atoms with E-state index in [0.717, 1.165) is 0 Å². The number of halogens is 2. The number of alkyl halides is 1. The molecule has 0 heterocycles. The molecule has 0 saturated heterocycles. The molecule has 17 heavy (non-hydrogen) atoms. The third-order valence-electron chi connectivity index (χ3n) is 2.57. The smallest absolute Gasteiger partial charge is 0.217 e. The Balaban J connectivity index is 2.53. The minimum absolute atomic E-state index is 0.288. The number of nitriles is 1. The van der Waals surface area contributed by atoms with Gasteiger partial charge in [-0.2, -0.15) is 5.26 Å². The van der Waals surface area contributed by atoms with Crippen LogP contribution in [0.15, 0.2) is 54.6 Å². The molecule has 1 nitrogen and oxygen atoms in total. The predicted molar refractivity (Wildman–Crippen MR) is 65.4 cm³/mol. The summed E-state index contributed by atoms with van der Waals surface area (Å²) in [5.74, 6) is 0. The third-order valence-corrected chi connectivity index (χ3v) is 2.82. The van der Waals surface area contributed by atoms with Crippen molar-refractivity contribution in [3.05, 3.63) is 70.7 Å². The quantitative estimate of drug-likeness (QED) is 0.782. The highest BCUT2D eigenvalue weighted by atomic mass is 35.5. The Bertz CT molecular complexity index is 545. The van der Waals surface area contributed by atoms with Gasteiger partial charge in [0.15, 0.2) is 0 Å². The SMILES string of the molecule is N#CC(F)(c1ccccc1)c1ccc(Cl)cc1. The average Bonchev–Trinajstić information content (AvgIpc) is 2.40. The Morgan fingerprint density at radius 2 is 1.47 bits per heavy atom. The summed E-state index contributed by atoms with van der Waals surface area (Å²) in [4.78, 5) is 0. The Hall–Kier alpha value is -1.85. The lowest BCUT2D eigenvalue weighted by Crippen LogP contribution is -2.19. The first-order valence-corrected chi connectivity index (χ1v) is 5.46. The molecule has 1 atom stereocenters. The van der Waals surface area contributed by atoms with E-state index in [1.54, 1.807) is 48.5 Å². The van der Waals surface area contributed by atoms with Crippen LogP contribution in [0, 0.1) is 11.3 Å². The second-order valence-electron chi connectivity index (χ2n) is 3.64. The first-order valence-electron chi connectivity index (χ1n) is 5.08. The van der Waals surface area contributed by atoms with Crippen LogP contribution >= 0.6 is 11.6 Å². The summed E-state index contributed by atoms with van der Waals surface area (Å²) in [6.07, 6.45) is 0. The van der Waals surface area contributed by atoms with Crippen molar-refractivity contribution in [2.75, 3.05) is 0 Å². The topological polar surface area (TPSA) is 23.8 Å². The molecule has 0 amide bonds. The molecule has 2 rings (SSSR count). The molecule has 0 aliphatic rings. The van der Waals surface area contributed by atoms with Crippen molar-refractivity contribution in [3.8, 4) is 6.07 Å². The van der Waals surface area contributed by atoms with E-state index < -0.39 is 5.67 Å². The molecule has 0 bridgehead atoms. The molecular weight excluding hydrogens is 237 g/mol. The van der Waals surface area contributed by atoms with Crippen molar-refractivity contribution >= 4 is 11.6 Å². The van der Waals surface area contributed by atoms with Gasteiger partial charge in [-0.15, -0.1) is 0 Å². The van der Waals surface area contributed by atoms with Gasteiger partial charge in [0.05, 0.1) is 0 Å². The summed E-state index contributed by atoms with van der Waals surface area (Å²) in [6.45, 7) is 0. The van der Waals surface area contributed by atoms with E-state index in [2.05, 4.69) is 0 Å². The Kier molecular flexibility index (Phi) is 3.12. The first kappa shape index (κ1) is 11.6. The number of hydrogen-bond acceptors (Lipinski definition) is 1. The molecule has 2 aromatic carbocycles. The Morgan fingerprint density at radius 3 is 2.00 bits per heavy atom.